The van der Waals surface area contributed by atoms with Gasteiger partial charge >= 0.3 is 0 Å². The molecular weight excluding hydrogens is 364 g/mol. The maximum atomic E-state index is 12.2. The molecule has 0 aliphatic rings. The van der Waals surface area contributed by atoms with E-state index >= 15 is 0 Å². The summed E-state index contributed by atoms with van der Waals surface area (Å²) < 4.78 is 7.35. The third-order valence-electron chi connectivity index (χ3n) is 3.91. The molecule has 6 nitrogen and oxygen atoms in total. The second-order valence-electron chi connectivity index (χ2n) is 5.80. The molecule has 1 N–H and O–H groups in total. The van der Waals surface area contributed by atoms with Gasteiger partial charge in [-0.1, -0.05) is 41.9 Å². The second kappa shape index (κ2) is 7.47. The average molecular weight is 379 g/mol. The van der Waals surface area contributed by atoms with Crippen molar-refractivity contribution in [2.24, 2.45) is 0 Å². The average Bonchev–Trinajstić information content (AvgIpc) is 3.12. The number of halogens is 1. The lowest BCUT2D eigenvalue weighted by molar-refractivity contribution is -0.118. The fraction of sp³-hybridized carbons (Fsp3) is 0.0500. The Hall–Kier alpha value is -3.38. The molecule has 1 amide bonds. The molecule has 2 aromatic carbocycles. The summed E-state index contributed by atoms with van der Waals surface area (Å²) in [6.45, 7) is -0.137. The topological polar surface area (TPSA) is 68.5 Å². The van der Waals surface area contributed by atoms with Gasteiger partial charge in [0.25, 0.3) is 5.91 Å². The number of nitrogens with one attached hydrogen (secondary N) is 1. The second-order valence-corrected chi connectivity index (χ2v) is 6.21. The molecule has 0 atom stereocenters. The van der Waals surface area contributed by atoms with Gasteiger partial charge in [-0.05, 0) is 36.4 Å². The number of hydrogen-bond acceptors (Lipinski definition) is 4. The minimum absolute atomic E-state index is 0.137. The van der Waals surface area contributed by atoms with E-state index in [0.29, 0.717) is 22.3 Å². The van der Waals surface area contributed by atoms with Gasteiger partial charge in [-0.2, -0.15) is 0 Å². The lowest BCUT2D eigenvalue weighted by Gasteiger charge is -2.09. The summed E-state index contributed by atoms with van der Waals surface area (Å²) in [5, 5.41) is 11.7. The van der Waals surface area contributed by atoms with Crippen molar-refractivity contribution >= 4 is 28.8 Å². The van der Waals surface area contributed by atoms with Crippen molar-refractivity contribution in [2.75, 3.05) is 11.9 Å². The van der Waals surface area contributed by atoms with E-state index in [1.807, 2.05) is 47.0 Å². The fourth-order valence-electron chi connectivity index (χ4n) is 2.68. The zero-order valence-corrected chi connectivity index (χ0v) is 14.9. The molecule has 0 aliphatic carbocycles. The number of fused-ring (bicyclic) bond motifs is 1. The van der Waals surface area contributed by atoms with E-state index in [9.17, 15) is 4.79 Å². The Balaban J connectivity index is 1.48. The molecule has 0 radical (unpaired) electrons. The lowest BCUT2D eigenvalue weighted by atomic mass is 10.2. The van der Waals surface area contributed by atoms with Crippen molar-refractivity contribution in [3.63, 3.8) is 0 Å². The molecule has 2 aromatic heterocycles. The Morgan fingerprint density at radius 3 is 2.78 bits per heavy atom. The first-order chi connectivity index (χ1) is 13.2. The smallest absolute Gasteiger partial charge is 0.262 e. The number of hydrogen-bond donors (Lipinski definition) is 1. The Labute approximate surface area is 160 Å². The van der Waals surface area contributed by atoms with E-state index in [1.165, 1.54) is 0 Å². The Morgan fingerprint density at radius 2 is 1.89 bits per heavy atom. The quantitative estimate of drug-likeness (QED) is 0.568. The van der Waals surface area contributed by atoms with Gasteiger partial charge in [0.15, 0.2) is 18.1 Å². The zero-order valence-electron chi connectivity index (χ0n) is 14.2. The van der Waals surface area contributed by atoms with Crippen molar-refractivity contribution in [2.45, 2.75) is 0 Å². The summed E-state index contributed by atoms with van der Waals surface area (Å²) in [5.41, 5.74) is 2.25. The maximum Gasteiger partial charge on any atom is 0.262 e. The molecular formula is C20H15ClN4O2. The number of benzene rings is 2. The first kappa shape index (κ1) is 17.1. The summed E-state index contributed by atoms with van der Waals surface area (Å²) in [5.74, 6) is 0.894. The molecule has 0 saturated carbocycles. The lowest BCUT2D eigenvalue weighted by Crippen LogP contribution is -2.20. The van der Waals surface area contributed by atoms with Gasteiger partial charge in [-0.25, -0.2) is 0 Å². The highest BCUT2D eigenvalue weighted by molar-refractivity contribution is 6.32. The summed E-state index contributed by atoms with van der Waals surface area (Å²) in [7, 11) is 0. The molecule has 0 unspecified atom stereocenters. The number of nitrogens with zero attached hydrogens (tertiary/aromatic N) is 3. The number of carbonyl (C=O) groups excluding carboxylic acids is 1. The van der Waals surface area contributed by atoms with Gasteiger partial charge in [-0.15, -0.1) is 10.2 Å². The third-order valence-corrected chi connectivity index (χ3v) is 4.23. The van der Waals surface area contributed by atoms with Crippen molar-refractivity contribution < 1.29 is 9.53 Å². The first-order valence-corrected chi connectivity index (χ1v) is 8.66. The van der Waals surface area contributed by atoms with Crippen molar-refractivity contribution in [1.82, 2.24) is 14.6 Å². The van der Waals surface area contributed by atoms with Crippen molar-refractivity contribution in [1.29, 1.82) is 0 Å². The van der Waals surface area contributed by atoms with Crippen molar-refractivity contribution in [3.8, 4) is 17.1 Å². The molecule has 0 aliphatic heterocycles. The number of amides is 1. The van der Waals surface area contributed by atoms with Crippen LogP contribution in [-0.2, 0) is 4.79 Å². The van der Waals surface area contributed by atoms with Crippen LogP contribution < -0.4 is 10.1 Å². The van der Waals surface area contributed by atoms with E-state index in [1.54, 1.807) is 30.3 Å². The van der Waals surface area contributed by atoms with E-state index in [-0.39, 0.29) is 12.5 Å². The minimum Gasteiger partial charge on any atom is -0.482 e. The van der Waals surface area contributed by atoms with Gasteiger partial charge in [-0.3, -0.25) is 9.20 Å². The number of pyridine rings is 1. The molecule has 27 heavy (non-hydrogen) atoms. The standard InChI is InChI=1S/C20H15ClN4O2/c21-16-8-1-2-9-17(16)27-13-19(26)22-15-7-5-6-14(12-15)20-24-23-18-10-3-4-11-25(18)20/h1-12H,13H2,(H,22,26). The van der Waals surface area contributed by atoms with Crippen molar-refractivity contribution in [3.05, 3.63) is 77.9 Å². The summed E-state index contributed by atoms with van der Waals surface area (Å²) >= 11 is 6.02. The first-order valence-electron chi connectivity index (χ1n) is 8.28. The van der Waals surface area contributed by atoms with Crippen LogP contribution in [0.4, 0.5) is 5.69 Å². The molecule has 0 saturated heterocycles. The van der Waals surface area contributed by atoms with Gasteiger partial charge in [0.05, 0.1) is 5.02 Å². The van der Waals surface area contributed by atoms with E-state index in [0.717, 1.165) is 11.2 Å². The van der Waals surface area contributed by atoms with Crippen LogP contribution in [0, 0.1) is 0 Å². The highest BCUT2D eigenvalue weighted by Crippen LogP contribution is 2.24. The third kappa shape index (κ3) is 3.75. The van der Waals surface area contributed by atoms with Crippen LogP contribution in [0.2, 0.25) is 5.02 Å². The Bertz CT molecular complexity index is 1110. The zero-order chi connectivity index (χ0) is 18.6. The minimum atomic E-state index is -0.279. The summed E-state index contributed by atoms with van der Waals surface area (Å²) in [4.78, 5) is 12.2. The number of aromatic nitrogens is 3. The number of anilines is 1. The molecule has 2 heterocycles. The molecule has 0 bridgehead atoms. The Kier molecular flexibility index (Phi) is 4.72. The van der Waals surface area contributed by atoms with Gasteiger partial charge in [0.1, 0.15) is 5.75 Å². The molecule has 0 spiro atoms. The largest absolute Gasteiger partial charge is 0.482 e. The number of carbonyl (C=O) groups is 1. The summed E-state index contributed by atoms with van der Waals surface area (Å²) in [6.07, 6.45) is 1.90. The SMILES string of the molecule is O=C(COc1ccccc1Cl)Nc1cccc(-c2nnc3ccccn23)c1. The molecule has 7 heteroatoms. The van der Waals surface area contributed by atoms with Gasteiger partial charge < -0.3 is 10.1 Å². The van der Waals surface area contributed by atoms with Crippen LogP contribution in [-0.4, -0.2) is 27.1 Å². The normalized spacial score (nSPS) is 10.7. The summed E-state index contributed by atoms with van der Waals surface area (Å²) in [6, 6.07) is 20.1. The fourth-order valence-corrected chi connectivity index (χ4v) is 2.87. The predicted molar refractivity (Wildman–Crippen MR) is 104 cm³/mol. The van der Waals surface area contributed by atoms with Crippen LogP contribution in [0.15, 0.2) is 72.9 Å². The monoisotopic (exact) mass is 378 g/mol. The Morgan fingerprint density at radius 1 is 1.04 bits per heavy atom. The number of rotatable bonds is 5. The van der Waals surface area contributed by atoms with E-state index in [2.05, 4.69) is 15.5 Å². The van der Waals surface area contributed by atoms with E-state index in [4.69, 9.17) is 16.3 Å². The van der Waals surface area contributed by atoms with E-state index < -0.39 is 0 Å². The van der Waals surface area contributed by atoms with Gasteiger partial charge in [0, 0.05) is 17.4 Å². The molecule has 4 rings (SSSR count). The van der Waals surface area contributed by atoms with Crippen LogP contribution in [0.1, 0.15) is 0 Å². The van der Waals surface area contributed by atoms with Gasteiger partial charge in [0.2, 0.25) is 0 Å². The highest BCUT2D eigenvalue weighted by Gasteiger charge is 2.10. The van der Waals surface area contributed by atoms with Crippen LogP contribution in [0.25, 0.3) is 17.0 Å². The maximum absolute atomic E-state index is 12.2. The predicted octanol–water partition coefficient (Wildman–Crippen LogP) is 4.07. The number of para-hydroxylation sites is 1. The highest BCUT2D eigenvalue weighted by atomic mass is 35.5. The molecule has 0 fully saturated rings. The van der Waals surface area contributed by atoms with Crippen LogP contribution in [0.3, 0.4) is 0 Å². The molecule has 134 valence electrons. The number of ether oxygens (including phenoxy) is 1. The molecule has 4 aromatic rings. The van der Waals surface area contributed by atoms with Crippen LogP contribution in [0.5, 0.6) is 5.75 Å². The van der Waals surface area contributed by atoms with Crippen LogP contribution >= 0.6 is 11.6 Å².